The molecule has 0 saturated heterocycles. The van der Waals surface area contributed by atoms with Crippen LogP contribution in [0, 0.1) is 5.41 Å². The van der Waals surface area contributed by atoms with Gasteiger partial charge in [0.2, 0.25) is 5.91 Å². The number of anilines is 2. The topological polar surface area (TPSA) is 210 Å². The molecule has 0 fully saturated rings. The summed E-state index contributed by atoms with van der Waals surface area (Å²) in [4.78, 5) is 56.6. The molecule has 3 amide bonds. The molecule has 0 radical (unpaired) electrons. The Bertz CT molecular complexity index is 1720. The minimum Gasteiger partial charge on any atom is -0.399 e. The molecule has 3 rings (SSSR count). The molecule has 1 aromatic heterocycles. The van der Waals surface area contributed by atoms with Gasteiger partial charge < -0.3 is 32.7 Å². The van der Waals surface area contributed by atoms with Crippen molar-refractivity contribution < 1.29 is 27.6 Å². The number of nitrogens with two attached hydrogens (primary N) is 2. The van der Waals surface area contributed by atoms with E-state index in [9.17, 15) is 32.3 Å². The van der Waals surface area contributed by atoms with Gasteiger partial charge in [0, 0.05) is 46.6 Å². The predicted molar refractivity (Wildman–Crippen MR) is 172 cm³/mol. The summed E-state index contributed by atoms with van der Waals surface area (Å²) in [6, 6.07) is 8.15. The van der Waals surface area contributed by atoms with Crippen LogP contribution in [0.5, 0.6) is 0 Å². The van der Waals surface area contributed by atoms with E-state index in [1.807, 2.05) is 13.8 Å². The van der Waals surface area contributed by atoms with Gasteiger partial charge in [-0.1, -0.05) is 19.1 Å². The largest absolute Gasteiger partial charge is 0.405 e. The molecule has 3 aromatic rings. The van der Waals surface area contributed by atoms with Crippen LogP contribution >= 0.6 is 0 Å². The number of nitrogen functional groups attached to an aromatic ring is 2. The molecule has 0 aliphatic rings. The highest BCUT2D eigenvalue weighted by molar-refractivity contribution is 6.01. The third kappa shape index (κ3) is 10.0. The number of benzene rings is 2. The molecule has 0 unspecified atom stereocenters. The van der Waals surface area contributed by atoms with Crippen molar-refractivity contribution in [3.05, 3.63) is 75.2 Å². The standard InChI is InChI=1S/C31H38F3N9O4/c1-5-17(4)42-28(45)21-8-20(9-22(35)10-21)24-13-39-27(41-16(2)3)30(47)43(24)14-25(44)38-12-19-7-6-18(26(36)37)11-23(19)29(46)40-15-31(32,33)34/h6-11,13,16-17H,5,12,14-15,35H2,1-4H3,(H3,36,37)(H,38,44)(H,39,41)(H,40,46)(H,42,45)/t17-/m1/s1. The highest BCUT2D eigenvalue weighted by Crippen LogP contribution is 2.24. The number of hydrogen-bond acceptors (Lipinski definition) is 8. The van der Waals surface area contributed by atoms with E-state index >= 15 is 0 Å². The molecule has 47 heavy (non-hydrogen) atoms. The molecule has 0 aliphatic carbocycles. The zero-order valence-electron chi connectivity index (χ0n) is 26.3. The van der Waals surface area contributed by atoms with E-state index in [2.05, 4.69) is 20.9 Å². The molecule has 0 saturated carbocycles. The van der Waals surface area contributed by atoms with E-state index in [4.69, 9.17) is 16.9 Å². The highest BCUT2D eigenvalue weighted by Gasteiger charge is 2.28. The lowest BCUT2D eigenvalue weighted by atomic mass is 10.0. The summed E-state index contributed by atoms with van der Waals surface area (Å²) in [6.07, 6.45) is -2.60. The molecule has 1 heterocycles. The minimum atomic E-state index is -4.66. The maximum Gasteiger partial charge on any atom is 0.405 e. The van der Waals surface area contributed by atoms with Gasteiger partial charge in [0.1, 0.15) is 18.9 Å². The fourth-order valence-corrected chi connectivity index (χ4v) is 4.37. The fourth-order valence-electron chi connectivity index (χ4n) is 4.37. The summed E-state index contributed by atoms with van der Waals surface area (Å²) >= 11 is 0. The van der Waals surface area contributed by atoms with Gasteiger partial charge in [-0.3, -0.25) is 29.2 Å². The Morgan fingerprint density at radius 1 is 1.02 bits per heavy atom. The molecule has 1 atom stereocenters. The molecular formula is C31H38F3N9O4. The van der Waals surface area contributed by atoms with Gasteiger partial charge in [-0.25, -0.2) is 4.98 Å². The van der Waals surface area contributed by atoms with Crippen LogP contribution in [0.3, 0.4) is 0 Å². The summed E-state index contributed by atoms with van der Waals surface area (Å²) < 4.78 is 39.4. The zero-order valence-corrected chi connectivity index (χ0v) is 26.3. The number of rotatable bonds is 13. The van der Waals surface area contributed by atoms with Crippen molar-refractivity contribution >= 4 is 35.1 Å². The van der Waals surface area contributed by atoms with Gasteiger partial charge in [0.15, 0.2) is 5.82 Å². The first kappa shape index (κ1) is 36.1. The molecule has 2 aromatic carbocycles. The lowest BCUT2D eigenvalue weighted by Crippen LogP contribution is -2.36. The van der Waals surface area contributed by atoms with Crippen LogP contribution in [0.4, 0.5) is 24.7 Å². The third-order valence-corrected chi connectivity index (χ3v) is 6.88. The van der Waals surface area contributed by atoms with E-state index in [0.29, 0.717) is 12.0 Å². The molecule has 252 valence electrons. The Labute approximate surface area is 268 Å². The first-order valence-electron chi connectivity index (χ1n) is 14.7. The van der Waals surface area contributed by atoms with Crippen molar-refractivity contribution in [1.29, 1.82) is 5.41 Å². The Morgan fingerprint density at radius 3 is 2.34 bits per heavy atom. The first-order valence-corrected chi connectivity index (χ1v) is 14.7. The number of nitrogens with one attached hydrogen (secondary N) is 5. The summed E-state index contributed by atoms with van der Waals surface area (Å²) in [5.41, 5.74) is 12.0. The van der Waals surface area contributed by atoms with Crippen molar-refractivity contribution in [3.63, 3.8) is 0 Å². The smallest absolute Gasteiger partial charge is 0.399 e. The Kier molecular flexibility index (Phi) is 11.7. The monoisotopic (exact) mass is 657 g/mol. The van der Waals surface area contributed by atoms with E-state index < -0.39 is 42.5 Å². The van der Waals surface area contributed by atoms with Gasteiger partial charge >= 0.3 is 6.18 Å². The van der Waals surface area contributed by atoms with Gasteiger partial charge in [-0.15, -0.1) is 0 Å². The van der Waals surface area contributed by atoms with Gasteiger partial charge in [-0.2, -0.15) is 13.2 Å². The van der Waals surface area contributed by atoms with Crippen LogP contribution in [0.2, 0.25) is 0 Å². The predicted octanol–water partition coefficient (Wildman–Crippen LogP) is 2.73. The number of nitrogens with zero attached hydrogens (tertiary/aromatic N) is 2. The molecule has 13 nitrogen and oxygen atoms in total. The number of amidine groups is 1. The van der Waals surface area contributed by atoms with E-state index in [-0.39, 0.29) is 64.0 Å². The zero-order chi connectivity index (χ0) is 35.1. The maximum atomic E-state index is 13.6. The van der Waals surface area contributed by atoms with Crippen molar-refractivity contribution in [1.82, 2.24) is 25.5 Å². The number of carbonyl (C=O) groups is 3. The van der Waals surface area contributed by atoms with Gasteiger partial charge in [0.05, 0.1) is 11.9 Å². The number of alkyl halides is 3. The lowest BCUT2D eigenvalue weighted by molar-refractivity contribution is -0.123. The second-order valence-electron chi connectivity index (χ2n) is 11.2. The van der Waals surface area contributed by atoms with E-state index in [0.717, 1.165) is 10.6 Å². The molecule has 0 spiro atoms. The number of halogens is 3. The second kappa shape index (κ2) is 15.2. The normalized spacial score (nSPS) is 11.9. The minimum absolute atomic E-state index is 0.0290. The van der Waals surface area contributed by atoms with Crippen molar-refractivity contribution in [3.8, 4) is 11.3 Å². The maximum absolute atomic E-state index is 13.6. The van der Waals surface area contributed by atoms with Crippen molar-refractivity contribution in [2.75, 3.05) is 17.6 Å². The van der Waals surface area contributed by atoms with Crippen LogP contribution in [-0.2, 0) is 17.9 Å². The average Bonchev–Trinajstić information content (AvgIpc) is 2.99. The van der Waals surface area contributed by atoms with Gasteiger partial charge in [0.25, 0.3) is 17.4 Å². The quantitative estimate of drug-likeness (QED) is 0.0824. The van der Waals surface area contributed by atoms with E-state index in [1.165, 1.54) is 36.5 Å². The first-order chi connectivity index (χ1) is 22.0. The van der Waals surface area contributed by atoms with Crippen LogP contribution in [0.15, 0.2) is 47.4 Å². The van der Waals surface area contributed by atoms with Crippen LogP contribution < -0.4 is 38.3 Å². The van der Waals surface area contributed by atoms with Crippen LogP contribution in [0.25, 0.3) is 11.3 Å². The Hall–Kier alpha value is -5.41. The molecule has 0 aliphatic heterocycles. The number of amides is 3. The second-order valence-corrected chi connectivity index (χ2v) is 11.2. The van der Waals surface area contributed by atoms with Crippen LogP contribution in [-0.4, -0.2) is 57.9 Å². The molecule has 9 N–H and O–H groups in total. The summed E-state index contributed by atoms with van der Waals surface area (Å²) in [5.74, 6) is -2.59. The molecule has 16 heteroatoms. The SMILES string of the molecule is CC[C@@H](C)NC(=O)c1cc(N)cc(-c2cnc(NC(C)C)c(=O)n2CC(=O)NCc2ccc(C(=N)N)cc2C(=O)NCC(F)(F)F)c1. The fraction of sp³-hybridized carbons (Fsp3) is 0.355. The number of hydrogen-bond donors (Lipinski definition) is 7. The molecule has 0 bridgehead atoms. The number of aromatic nitrogens is 2. The van der Waals surface area contributed by atoms with Gasteiger partial charge in [-0.05, 0) is 57.0 Å². The van der Waals surface area contributed by atoms with Crippen molar-refractivity contribution in [2.24, 2.45) is 5.73 Å². The lowest BCUT2D eigenvalue weighted by Gasteiger charge is -2.18. The average molecular weight is 658 g/mol. The Morgan fingerprint density at radius 2 is 1.72 bits per heavy atom. The van der Waals surface area contributed by atoms with Crippen molar-refractivity contribution in [2.45, 2.75) is 65.5 Å². The van der Waals surface area contributed by atoms with Crippen LogP contribution in [0.1, 0.15) is 66.0 Å². The summed E-state index contributed by atoms with van der Waals surface area (Å²) in [7, 11) is 0. The third-order valence-electron chi connectivity index (χ3n) is 6.88. The van der Waals surface area contributed by atoms with E-state index in [1.54, 1.807) is 19.2 Å². The Balaban J connectivity index is 1.96. The summed E-state index contributed by atoms with van der Waals surface area (Å²) in [6.45, 7) is 4.93. The molecular weight excluding hydrogens is 619 g/mol. The number of carbonyl (C=O) groups excluding carboxylic acids is 3. The summed E-state index contributed by atoms with van der Waals surface area (Å²) in [5, 5.41) is 17.8. The highest BCUT2D eigenvalue weighted by atomic mass is 19.4.